The molecule has 5 atom stereocenters. The fraction of sp³-hybridized carbons (Fsp3) is 0.562. The van der Waals surface area contributed by atoms with Crippen LogP contribution in [0.15, 0.2) is 30.3 Å². The maximum absolute atomic E-state index is 11.4. The summed E-state index contributed by atoms with van der Waals surface area (Å²) in [5.74, 6) is 0.801. The minimum Gasteiger partial charge on any atom is -0.393 e. The Bertz CT molecular complexity index is 456. The molecule has 0 aromatic heterocycles. The van der Waals surface area contributed by atoms with E-state index in [0.717, 1.165) is 18.4 Å². The van der Waals surface area contributed by atoms with Crippen molar-refractivity contribution in [3.05, 3.63) is 35.9 Å². The average Bonchev–Trinajstić information content (AvgIpc) is 2.69. The van der Waals surface area contributed by atoms with Gasteiger partial charge in [0.2, 0.25) is 0 Å². The first-order valence-corrected chi connectivity index (χ1v) is 7.10. The van der Waals surface area contributed by atoms with Gasteiger partial charge in [-0.1, -0.05) is 30.3 Å². The third-order valence-corrected chi connectivity index (χ3v) is 4.84. The Balaban J connectivity index is 1.54. The van der Waals surface area contributed by atoms with Crippen molar-refractivity contribution in [3.8, 4) is 0 Å². The molecule has 0 aliphatic heterocycles. The first kappa shape index (κ1) is 12.8. The minimum absolute atomic E-state index is 0.105. The Morgan fingerprint density at radius 3 is 2.63 bits per heavy atom. The van der Waals surface area contributed by atoms with E-state index in [4.69, 9.17) is 0 Å². The van der Waals surface area contributed by atoms with Crippen molar-refractivity contribution in [1.82, 2.24) is 0 Å². The molecule has 0 heterocycles. The number of rotatable bonds is 4. The Hall–Kier alpha value is -1.19. The lowest BCUT2D eigenvalue weighted by molar-refractivity contribution is -0.135. The van der Waals surface area contributed by atoms with Gasteiger partial charge < -0.3 is 10.2 Å². The summed E-state index contributed by atoms with van der Waals surface area (Å²) >= 11 is 0. The van der Waals surface area contributed by atoms with E-state index in [9.17, 15) is 15.0 Å². The smallest absolute Gasteiger partial charge is 0.136 e. The Kier molecular flexibility index (Phi) is 3.42. The summed E-state index contributed by atoms with van der Waals surface area (Å²) in [7, 11) is 0. The van der Waals surface area contributed by atoms with Crippen LogP contribution in [0.1, 0.15) is 37.4 Å². The van der Waals surface area contributed by atoms with Crippen molar-refractivity contribution in [1.29, 1.82) is 0 Å². The summed E-state index contributed by atoms with van der Waals surface area (Å²) in [6, 6.07) is 9.61. The Morgan fingerprint density at radius 1 is 1.26 bits per heavy atom. The number of fused-ring (bicyclic) bond motifs is 1. The summed E-state index contributed by atoms with van der Waals surface area (Å²) in [6.07, 6.45) is 2.00. The van der Waals surface area contributed by atoms with E-state index >= 15 is 0 Å². The molecular weight excluding hydrogens is 240 g/mol. The molecule has 0 saturated heterocycles. The summed E-state index contributed by atoms with van der Waals surface area (Å²) in [5, 5.41) is 20.3. The molecule has 3 nitrogen and oxygen atoms in total. The average molecular weight is 260 g/mol. The molecule has 1 aromatic rings. The van der Waals surface area contributed by atoms with Crippen LogP contribution in [0, 0.1) is 17.8 Å². The van der Waals surface area contributed by atoms with E-state index in [-0.39, 0.29) is 23.9 Å². The maximum atomic E-state index is 11.4. The largest absolute Gasteiger partial charge is 0.393 e. The number of carbonyl (C=O) groups excluding carboxylic acids is 1. The number of benzene rings is 1. The molecule has 0 radical (unpaired) electrons. The highest BCUT2D eigenvalue weighted by Crippen LogP contribution is 2.49. The van der Waals surface area contributed by atoms with Gasteiger partial charge >= 0.3 is 0 Å². The predicted molar refractivity (Wildman–Crippen MR) is 71.4 cm³/mol. The number of hydrogen-bond acceptors (Lipinski definition) is 3. The molecule has 2 fully saturated rings. The number of hydrogen-bond donors (Lipinski definition) is 2. The quantitative estimate of drug-likeness (QED) is 0.871. The van der Waals surface area contributed by atoms with Gasteiger partial charge in [0.1, 0.15) is 5.78 Å². The molecule has 2 saturated carbocycles. The molecule has 2 aliphatic rings. The summed E-state index contributed by atoms with van der Waals surface area (Å²) in [6.45, 7) is 0. The number of aliphatic hydroxyl groups excluding tert-OH is 2. The maximum Gasteiger partial charge on any atom is 0.136 e. The summed E-state index contributed by atoms with van der Waals surface area (Å²) in [5.41, 5.74) is 0.925. The molecule has 0 bridgehead atoms. The van der Waals surface area contributed by atoms with Gasteiger partial charge in [-0.05, 0) is 30.7 Å². The zero-order chi connectivity index (χ0) is 13.4. The monoisotopic (exact) mass is 260 g/mol. The van der Waals surface area contributed by atoms with E-state index in [1.807, 2.05) is 30.3 Å². The van der Waals surface area contributed by atoms with Crippen LogP contribution in [0.2, 0.25) is 0 Å². The lowest BCUT2D eigenvalue weighted by atomic mass is 9.74. The molecule has 3 rings (SSSR count). The van der Waals surface area contributed by atoms with Crippen molar-refractivity contribution >= 4 is 5.78 Å². The van der Waals surface area contributed by atoms with Crippen LogP contribution in [0.25, 0.3) is 0 Å². The summed E-state index contributed by atoms with van der Waals surface area (Å²) in [4.78, 5) is 11.4. The highest BCUT2D eigenvalue weighted by Gasteiger charge is 2.52. The van der Waals surface area contributed by atoms with Crippen molar-refractivity contribution in [3.63, 3.8) is 0 Å². The fourth-order valence-corrected chi connectivity index (χ4v) is 3.59. The highest BCUT2D eigenvalue weighted by atomic mass is 16.3. The Labute approximate surface area is 113 Å². The minimum atomic E-state index is -0.470. The van der Waals surface area contributed by atoms with E-state index in [2.05, 4.69) is 0 Å². The van der Waals surface area contributed by atoms with E-state index < -0.39 is 6.10 Å². The second-order valence-corrected chi connectivity index (χ2v) is 5.93. The van der Waals surface area contributed by atoms with Gasteiger partial charge in [-0.3, -0.25) is 4.79 Å². The molecule has 19 heavy (non-hydrogen) atoms. The SMILES string of the molecule is O=C1CC2C1CC(CCC(O)c1ccccc1)C2O. The topological polar surface area (TPSA) is 57.5 Å². The van der Waals surface area contributed by atoms with Crippen molar-refractivity contribution in [2.45, 2.75) is 37.9 Å². The zero-order valence-electron chi connectivity index (χ0n) is 10.9. The first-order chi connectivity index (χ1) is 9.16. The highest BCUT2D eigenvalue weighted by molar-refractivity contribution is 5.88. The van der Waals surface area contributed by atoms with Crippen LogP contribution in [-0.4, -0.2) is 22.1 Å². The Morgan fingerprint density at radius 2 is 2.00 bits per heavy atom. The van der Waals surface area contributed by atoms with Crippen LogP contribution < -0.4 is 0 Å². The van der Waals surface area contributed by atoms with Crippen LogP contribution in [0.3, 0.4) is 0 Å². The van der Waals surface area contributed by atoms with E-state index in [1.54, 1.807) is 0 Å². The lowest BCUT2D eigenvalue weighted by Crippen LogP contribution is -2.38. The molecule has 1 aromatic carbocycles. The first-order valence-electron chi connectivity index (χ1n) is 7.10. The van der Waals surface area contributed by atoms with Gasteiger partial charge in [-0.25, -0.2) is 0 Å². The standard InChI is InChI=1S/C16H20O3/c17-14(10-4-2-1-3-5-10)7-6-11-8-12-13(16(11)19)9-15(12)18/h1-5,11-14,16-17,19H,6-9H2. The second-order valence-electron chi connectivity index (χ2n) is 5.93. The molecule has 0 spiro atoms. The van der Waals surface area contributed by atoms with Crippen LogP contribution in [0.4, 0.5) is 0 Å². The van der Waals surface area contributed by atoms with Crippen molar-refractivity contribution < 1.29 is 15.0 Å². The molecule has 2 N–H and O–H groups in total. The zero-order valence-corrected chi connectivity index (χ0v) is 10.9. The number of carbonyl (C=O) groups is 1. The van der Waals surface area contributed by atoms with Gasteiger partial charge in [0.25, 0.3) is 0 Å². The third-order valence-electron chi connectivity index (χ3n) is 4.84. The van der Waals surface area contributed by atoms with Crippen molar-refractivity contribution in [2.24, 2.45) is 17.8 Å². The summed E-state index contributed by atoms with van der Waals surface area (Å²) < 4.78 is 0. The van der Waals surface area contributed by atoms with Gasteiger partial charge in [0.05, 0.1) is 12.2 Å². The number of ketones is 1. The second kappa shape index (κ2) is 5.06. The predicted octanol–water partition coefficient (Wildman–Crippen LogP) is 2.09. The molecule has 0 amide bonds. The van der Waals surface area contributed by atoms with Crippen LogP contribution >= 0.6 is 0 Å². The lowest BCUT2D eigenvalue weighted by Gasteiger charge is -2.30. The van der Waals surface area contributed by atoms with E-state index in [0.29, 0.717) is 18.6 Å². The van der Waals surface area contributed by atoms with Gasteiger partial charge in [0.15, 0.2) is 0 Å². The van der Waals surface area contributed by atoms with E-state index in [1.165, 1.54) is 0 Å². The molecular formula is C16H20O3. The number of aliphatic hydroxyl groups is 2. The van der Waals surface area contributed by atoms with Crippen LogP contribution in [0.5, 0.6) is 0 Å². The van der Waals surface area contributed by atoms with Crippen LogP contribution in [-0.2, 0) is 4.79 Å². The normalized spacial score (nSPS) is 34.7. The van der Waals surface area contributed by atoms with Gasteiger partial charge in [0, 0.05) is 18.3 Å². The molecule has 3 heteroatoms. The van der Waals surface area contributed by atoms with Gasteiger partial charge in [-0.2, -0.15) is 0 Å². The molecule has 102 valence electrons. The fourth-order valence-electron chi connectivity index (χ4n) is 3.59. The number of Topliss-reactive ketones (excluding diaryl/α,β-unsaturated/α-hetero) is 1. The molecule has 5 unspecified atom stereocenters. The van der Waals surface area contributed by atoms with Gasteiger partial charge in [-0.15, -0.1) is 0 Å². The third kappa shape index (κ3) is 2.33. The molecule has 2 aliphatic carbocycles. The van der Waals surface area contributed by atoms with Crippen molar-refractivity contribution in [2.75, 3.05) is 0 Å².